The van der Waals surface area contributed by atoms with E-state index in [2.05, 4.69) is 0 Å². The largest absolute Gasteiger partial charge is 0.322 e. The van der Waals surface area contributed by atoms with Gasteiger partial charge in [-0.2, -0.15) is 0 Å². The van der Waals surface area contributed by atoms with Gasteiger partial charge < -0.3 is 5.73 Å². The molecular weight excluding hydrogens is 180 g/mol. The molecule has 0 heterocycles. The van der Waals surface area contributed by atoms with Crippen molar-refractivity contribution >= 4 is 5.69 Å². The number of hydrogen-bond acceptors (Lipinski definition) is 3. The molecule has 0 aliphatic heterocycles. The molecule has 4 nitrogen and oxygen atoms in total. The van der Waals surface area contributed by atoms with Gasteiger partial charge in [-0.1, -0.05) is 12.1 Å². The summed E-state index contributed by atoms with van der Waals surface area (Å²) < 4.78 is 0. The smallest absolute Gasteiger partial charge is 0.274 e. The molecule has 1 aromatic carbocycles. The Morgan fingerprint density at radius 3 is 2.43 bits per heavy atom. The molecule has 0 saturated carbocycles. The zero-order valence-electron chi connectivity index (χ0n) is 8.57. The number of benzene rings is 1. The second-order valence-electron chi connectivity index (χ2n) is 4.00. The van der Waals surface area contributed by atoms with Crippen LogP contribution in [-0.4, -0.2) is 4.92 Å². The SMILES string of the molecule is Cc1ccc(C(C)(C)N)c([N+](=O)[O-])c1. The van der Waals surface area contributed by atoms with Gasteiger partial charge in [-0.25, -0.2) is 0 Å². The third-order valence-electron chi connectivity index (χ3n) is 2.04. The molecule has 0 fully saturated rings. The molecule has 0 aliphatic carbocycles. The van der Waals surface area contributed by atoms with Gasteiger partial charge in [0.2, 0.25) is 0 Å². The summed E-state index contributed by atoms with van der Waals surface area (Å²) in [4.78, 5) is 10.4. The minimum Gasteiger partial charge on any atom is -0.322 e. The first kappa shape index (κ1) is 10.7. The van der Waals surface area contributed by atoms with Crippen LogP contribution in [0.3, 0.4) is 0 Å². The molecule has 0 aromatic heterocycles. The van der Waals surface area contributed by atoms with Crippen molar-refractivity contribution in [2.24, 2.45) is 5.73 Å². The van der Waals surface area contributed by atoms with E-state index < -0.39 is 10.5 Å². The molecule has 1 aromatic rings. The summed E-state index contributed by atoms with van der Waals surface area (Å²) in [7, 11) is 0. The number of rotatable bonds is 2. The fourth-order valence-corrected chi connectivity index (χ4v) is 1.34. The van der Waals surface area contributed by atoms with Gasteiger partial charge in [0, 0.05) is 17.2 Å². The summed E-state index contributed by atoms with van der Waals surface area (Å²) in [5.74, 6) is 0. The molecule has 0 amide bonds. The third-order valence-corrected chi connectivity index (χ3v) is 2.04. The monoisotopic (exact) mass is 194 g/mol. The van der Waals surface area contributed by atoms with Gasteiger partial charge in [0.05, 0.1) is 4.92 Å². The van der Waals surface area contributed by atoms with E-state index >= 15 is 0 Å². The number of nitro benzene ring substituents is 1. The van der Waals surface area contributed by atoms with Gasteiger partial charge in [0.15, 0.2) is 0 Å². The van der Waals surface area contributed by atoms with Crippen LogP contribution in [0.1, 0.15) is 25.0 Å². The maximum absolute atomic E-state index is 10.8. The van der Waals surface area contributed by atoms with Crippen molar-refractivity contribution in [2.45, 2.75) is 26.3 Å². The summed E-state index contributed by atoms with van der Waals surface area (Å²) in [5.41, 5.74) is 6.68. The van der Waals surface area contributed by atoms with Crippen LogP contribution in [0.4, 0.5) is 5.69 Å². The van der Waals surface area contributed by atoms with Crippen molar-refractivity contribution in [2.75, 3.05) is 0 Å². The van der Waals surface area contributed by atoms with E-state index in [1.807, 2.05) is 13.0 Å². The number of nitro groups is 1. The Morgan fingerprint density at radius 2 is 2.00 bits per heavy atom. The molecule has 0 atom stereocenters. The van der Waals surface area contributed by atoms with Gasteiger partial charge in [0.1, 0.15) is 0 Å². The van der Waals surface area contributed by atoms with Crippen LogP contribution in [0, 0.1) is 17.0 Å². The lowest BCUT2D eigenvalue weighted by Crippen LogP contribution is -2.29. The summed E-state index contributed by atoms with van der Waals surface area (Å²) in [6.45, 7) is 5.33. The normalized spacial score (nSPS) is 11.4. The summed E-state index contributed by atoms with van der Waals surface area (Å²) >= 11 is 0. The lowest BCUT2D eigenvalue weighted by atomic mass is 9.93. The summed E-state index contributed by atoms with van der Waals surface area (Å²) in [6, 6.07) is 5.09. The fraction of sp³-hybridized carbons (Fsp3) is 0.400. The third kappa shape index (κ3) is 2.09. The van der Waals surface area contributed by atoms with Crippen molar-refractivity contribution in [3.8, 4) is 0 Å². The van der Waals surface area contributed by atoms with E-state index in [1.165, 1.54) is 0 Å². The standard InChI is InChI=1S/C10H14N2O2/c1-7-4-5-8(10(2,3)11)9(6-7)12(13)14/h4-6H,11H2,1-3H3. The Bertz CT molecular complexity index is 367. The number of nitrogens with zero attached hydrogens (tertiary/aromatic N) is 1. The van der Waals surface area contributed by atoms with Crippen LogP contribution in [0.25, 0.3) is 0 Å². The predicted octanol–water partition coefficient (Wildman–Crippen LogP) is 2.10. The Labute approximate surface area is 82.9 Å². The van der Waals surface area contributed by atoms with E-state index in [0.717, 1.165) is 5.56 Å². The second kappa shape index (κ2) is 3.38. The Kier molecular flexibility index (Phi) is 2.57. The Balaban J connectivity index is 3.37. The summed E-state index contributed by atoms with van der Waals surface area (Å²) in [5, 5.41) is 10.8. The van der Waals surface area contributed by atoms with Crippen LogP contribution in [0.5, 0.6) is 0 Å². The molecule has 0 aliphatic rings. The van der Waals surface area contributed by atoms with Crippen LogP contribution in [-0.2, 0) is 5.54 Å². The fourth-order valence-electron chi connectivity index (χ4n) is 1.34. The molecule has 0 unspecified atom stereocenters. The Morgan fingerprint density at radius 1 is 1.43 bits per heavy atom. The summed E-state index contributed by atoms with van der Waals surface area (Å²) in [6.07, 6.45) is 0. The van der Waals surface area contributed by atoms with Gasteiger partial charge in [0.25, 0.3) is 5.69 Å². The topological polar surface area (TPSA) is 69.2 Å². The van der Waals surface area contributed by atoms with E-state index in [0.29, 0.717) is 5.56 Å². The van der Waals surface area contributed by atoms with Crippen molar-refractivity contribution in [1.29, 1.82) is 0 Å². The first-order valence-corrected chi connectivity index (χ1v) is 4.37. The van der Waals surface area contributed by atoms with Gasteiger partial charge in [-0.05, 0) is 26.3 Å². The van der Waals surface area contributed by atoms with Crippen molar-refractivity contribution in [3.63, 3.8) is 0 Å². The van der Waals surface area contributed by atoms with E-state index in [1.54, 1.807) is 26.0 Å². The van der Waals surface area contributed by atoms with Crippen molar-refractivity contribution < 1.29 is 4.92 Å². The maximum atomic E-state index is 10.8. The number of aryl methyl sites for hydroxylation is 1. The van der Waals surface area contributed by atoms with E-state index in [4.69, 9.17) is 5.73 Å². The maximum Gasteiger partial charge on any atom is 0.274 e. The molecule has 76 valence electrons. The molecule has 14 heavy (non-hydrogen) atoms. The van der Waals surface area contributed by atoms with Crippen LogP contribution < -0.4 is 5.73 Å². The van der Waals surface area contributed by atoms with Crippen molar-refractivity contribution in [1.82, 2.24) is 0 Å². The van der Waals surface area contributed by atoms with Crippen LogP contribution >= 0.6 is 0 Å². The molecule has 1 rings (SSSR count). The lowest BCUT2D eigenvalue weighted by Gasteiger charge is -2.18. The number of nitrogens with two attached hydrogens (primary N) is 1. The zero-order chi connectivity index (χ0) is 10.9. The minimum atomic E-state index is -0.684. The van der Waals surface area contributed by atoms with Crippen molar-refractivity contribution in [3.05, 3.63) is 39.4 Å². The predicted molar refractivity (Wildman–Crippen MR) is 55.0 cm³/mol. The van der Waals surface area contributed by atoms with Crippen LogP contribution in [0.2, 0.25) is 0 Å². The van der Waals surface area contributed by atoms with Gasteiger partial charge in [-0.3, -0.25) is 10.1 Å². The lowest BCUT2D eigenvalue weighted by molar-refractivity contribution is -0.386. The highest BCUT2D eigenvalue weighted by Crippen LogP contribution is 2.28. The molecule has 0 radical (unpaired) electrons. The first-order chi connectivity index (χ1) is 6.32. The van der Waals surface area contributed by atoms with E-state index in [9.17, 15) is 10.1 Å². The van der Waals surface area contributed by atoms with Gasteiger partial charge >= 0.3 is 0 Å². The molecule has 0 saturated heterocycles. The minimum absolute atomic E-state index is 0.0949. The molecular formula is C10H14N2O2. The van der Waals surface area contributed by atoms with Crippen LogP contribution in [0.15, 0.2) is 18.2 Å². The zero-order valence-corrected chi connectivity index (χ0v) is 8.57. The molecule has 4 heteroatoms. The Hall–Kier alpha value is -1.42. The average Bonchev–Trinajstić information content (AvgIpc) is 2.01. The molecule has 0 spiro atoms. The molecule has 0 bridgehead atoms. The number of hydrogen-bond donors (Lipinski definition) is 1. The van der Waals surface area contributed by atoms with E-state index in [-0.39, 0.29) is 5.69 Å². The highest BCUT2D eigenvalue weighted by Gasteiger charge is 2.24. The quantitative estimate of drug-likeness (QED) is 0.579. The van der Waals surface area contributed by atoms with Gasteiger partial charge in [-0.15, -0.1) is 0 Å². The highest BCUT2D eigenvalue weighted by atomic mass is 16.6. The highest BCUT2D eigenvalue weighted by molar-refractivity contribution is 5.46. The average molecular weight is 194 g/mol. The second-order valence-corrected chi connectivity index (χ2v) is 4.00. The molecule has 2 N–H and O–H groups in total. The first-order valence-electron chi connectivity index (χ1n) is 4.37.